The summed E-state index contributed by atoms with van der Waals surface area (Å²) in [4.78, 5) is 17.8. The highest BCUT2D eigenvalue weighted by molar-refractivity contribution is 6.06. The highest BCUT2D eigenvalue weighted by atomic mass is 16.1. The van der Waals surface area contributed by atoms with Crippen molar-refractivity contribution >= 4 is 16.9 Å². The van der Waals surface area contributed by atoms with Crippen LogP contribution in [0.25, 0.3) is 16.7 Å². The monoisotopic (exact) mass is 398 g/mol. The molecule has 2 aromatic carbocycles. The van der Waals surface area contributed by atoms with Crippen molar-refractivity contribution in [1.82, 2.24) is 20.1 Å². The third-order valence-corrected chi connectivity index (χ3v) is 5.49. The number of amides is 1. The largest absolute Gasteiger partial charge is 0.348 e. The average Bonchev–Trinajstić information content (AvgIpc) is 3.05. The second-order valence-corrected chi connectivity index (χ2v) is 7.94. The number of hydrogen-bond donors (Lipinski definition) is 1. The van der Waals surface area contributed by atoms with Crippen LogP contribution in [0.1, 0.15) is 44.0 Å². The van der Waals surface area contributed by atoms with Gasteiger partial charge in [0.15, 0.2) is 5.65 Å². The zero-order valence-corrected chi connectivity index (χ0v) is 18.1. The maximum absolute atomic E-state index is 13.1. The number of aromatic nitrogens is 3. The Morgan fingerprint density at radius 1 is 0.933 bits per heavy atom. The van der Waals surface area contributed by atoms with Gasteiger partial charge in [-0.15, -0.1) is 0 Å². The highest BCUT2D eigenvalue weighted by Gasteiger charge is 2.19. The van der Waals surface area contributed by atoms with Gasteiger partial charge in [-0.3, -0.25) is 4.79 Å². The van der Waals surface area contributed by atoms with Crippen LogP contribution in [-0.4, -0.2) is 20.7 Å². The van der Waals surface area contributed by atoms with E-state index >= 15 is 0 Å². The average molecular weight is 399 g/mol. The van der Waals surface area contributed by atoms with E-state index in [0.717, 1.165) is 28.0 Å². The molecule has 5 nitrogen and oxygen atoms in total. The molecule has 4 aromatic rings. The lowest BCUT2D eigenvalue weighted by atomic mass is 10.1. The molecule has 4 rings (SSSR count). The maximum atomic E-state index is 13.1. The van der Waals surface area contributed by atoms with Gasteiger partial charge in [0, 0.05) is 12.2 Å². The first kappa shape index (κ1) is 19.8. The Kier molecular flexibility index (Phi) is 5.12. The summed E-state index contributed by atoms with van der Waals surface area (Å²) in [5.41, 5.74) is 8.52. The van der Waals surface area contributed by atoms with Crippen LogP contribution in [0.5, 0.6) is 0 Å². The summed E-state index contributed by atoms with van der Waals surface area (Å²) < 4.78 is 1.83. The van der Waals surface area contributed by atoms with Gasteiger partial charge in [0.1, 0.15) is 0 Å². The molecule has 0 aliphatic rings. The molecule has 30 heavy (non-hydrogen) atoms. The summed E-state index contributed by atoms with van der Waals surface area (Å²) in [6, 6.07) is 16.2. The standard InChI is InChI=1S/C25H26N4O/c1-15-6-9-20(10-7-15)14-26-25(30)22-13-18(4)27-24-23(22)19(5)28-29(24)21-11-8-16(2)17(3)12-21/h6-13H,14H2,1-5H3,(H,26,30). The molecule has 5 heteroatoms. The van der Waals surface area contributed by atoms with Crippen molar-refractivity contribution in [3.8, 4) is 5.69 Å². The number of fused-ring (bicyclic) bond motifs is 1. The fraction of sp³-hybridized carbons (Fsp3) is 0.240. The summed E-state index contributed by atoms with van der Waals surface area (Å²) in [6.45, 7) is 10.5. The molecule has 2 heterocycles. The van der Waals surface area contributed by atoms with Crippen LogP contribution in [0, 0.1) is 34.6 Å². The molecule has 152 valence electrons. The summed E-state index contributed by atoms with van der Waals surface area (Å²) in [7, 11) is 0. The smallest absolute Gasteiger partial charge is 0.252 e. The van der Waals surface area contributed by atoms with Crippen LogP contribution in [0.2, 0.25) is 0 Å². The number of hydrogen-bond acceptors (Lipinski definition) is 3. The van der Waals surface area contributed by atoms with Gasteiger partial charge < -0.3 is 5.32 Å². The van der Waals surface area contributed by atoms with Crippen LogP contribution in [0.3, 0.4) is 0 Å². The minimum Gasteiger partial charge on any atom is -0.348 e. The molecule has 0 radical (unpaired) electrons. The summed E-state index contributed by atoms with van der Waals surface area (Å²) in [5, 5.41) is 8.55. The first-order chi connectivity index (χ1) is 14.3. The maximum Gasteiger partial charge on any atom is 0.252 e. The van der Waals surface area contributed by atoms with Crippen LogP contribution < -0.4 is 5.32 Å². The number of benzene rings is 2. The third-order valence-electron chi connectivity index (χ3n) is 5.49. The van der Waals surface area contributed by atoms with Crippen molar-refractivity contribution in [2.75, 3.05) is 0 Å². The van der Waals surface area contributed by atoms with E-state index in [4.69, 9.17) is 10.1 Å². The first-order valence-electron chi connectivity index (χ1n) is 10.1. The Balaban J connectivity index is 1.73. The Bertz CT molecular complexity index is 1250. The van der Waals surface area contributed by atoms with Crippen molar-refractivity contribution in [2.24, 2.45) is 0 Å². The molecule has 0 atom stereocenters. The number of nitrogens with one attached hydrogen (secondary N) is 1. The van der Waals surface area contributed by atoms with E-state index in [0.29, 0.717) is 17.8 Å². The lowest BCUT2D eigenvalue weighted by Gasteiger charge is -2.09. The molecular formula is C25H26N4O. The predicted molar refractivity (Wildman–Crippen MR) is 120 cm³/mol. The number of carbonyl (C=O) groups is 1. The molecule has 0 unspecified atom stereocenters. The Morgan fingerprint density at radius 3 is 2.37 bits per heavy atom. The van der Waals surface area contributed by atoms with Gasteiger partial charge in [-0.2, -0.15) is 5.10 Å². The zero-order chi connectivity index (χ0) is 21.4. The predicted octanol–water partition coefficient (Wildman–Crippen LogP) is 4.89. The molecular weight excluding hydrogens is 372 g/mol. The topological polar surface area (TPSA) is 59.8 Å². The van der Waals surface area contributed by atoms with Crippen LogP contribution in [-0.2, 0) is 6.54 Å². The van der Waals surface area contributed by atoms with E-state index in [1.54, 1.807) is 0 Å². The van der Waals surface area contributed by atoms with Crippen LogP contribution in [0.4, 0.5) is 0 Å². The van der Waals surface area contributed by atoms with Gasteiger partial charge in [-0.05, 0) is 69.5 Å². The first-order valence-corrected chi connectivity index (χ1v) is 10.1. The van der Waals surface area contributed by atoms with Crippen molar-refractivity contribution in [3.63, 3.8) is 0 Å². The number of rotatable bonds is 4. The number of carbonyl (C=O) groups excluding carboxylic acids is 1. The Hall–Kier alpha value is -3.47. The molecule has 0 aliphatic heterocycles. The van der Waals surface area contributed by atoms with Crippen molar-refractivity contribution < 1.29 is 4.79 Å². The minimum absolute atomic E-state index is 0.117. The van der Waals surface area contributed by atoms with Gasteiger partial charge in [0.05, 0.1) is 22.3 Å². The fourth-order valence-electron chi connectivity index (χ4n) is 3.61. The fourth-order valence-corrected chi connectivity index (χ4v) is 3.61. The third kappa shape index (κ3) is 3.71. The van der Waals surface area contributed by atoms with Gasteiger partial charge in [0.2, 0.25) is 0 Å². The molecule has 0 bridgehead atoms. The van der Waals surface area contributed by atoms with E-state index in [1.807, 2.05) is 54.9 Å². The molecule has 0 aliphatic carbocycles. The van der Waals surface area contributed by atoms with E-state index in [9.17, 15) is 4.79 Å². The summed E-state index contributed by atoms with van der Waals surface area (Å²) in [6.07, 6.45) is 0. The van der Waals surface area contributed by atoms with Gasteiger partial charge in [-0.1, -0.05) is 35.9 Å². The van der Waals surface area contributed by atoms with Gasteiger partial charge in [0.25, 0.3) is 5.91 Å². The zero-order valence-electron chi connectivity index (χ0n) is 18.1. The van der Waals surface area contributed by atoms with E-state index in [1.165, 1.54) is 16.7 Å². The normalized spacial score (nSPS) is 11.1. The number of pyridine rings is 1. The highest BCUT2D eigenvalue weighted by Crippen LogP contribution is 2.26. The van der Waals surface area contributed by atoms with E-state index in [2.05, 4.69) is 38.2 Å². The van der Waals surface area contributed by atoms with Crippen LogP contribution in [0.15, 0.2) is 48.5 Å². The quantitative estimate of drug-likeness (QED) is 0.532. The summed E-state index contributed by atoms with van der Waals surface area (Å²) in [5.74, 6) is -0.117. The molecule has 0 saturated carbocycles. The number of aryl methyl sites for hydroxylation is 5. The number of nitrogens with zero attached hydrogens (tertiary/aromatic N) is 3. The van der Waals surface area contributed by atoms with Crippen molar-refractivity contribution in [1.29, 1.82) is 0 Å². The molecule has 0 spiro atoms. The SMILES string of the molecule is Cc1ccc(CNC(=O)c2cc(C)nc3c2c(C)nn3-c2ccc(C)c(C)c2)cc1. The lowest BCUT2D eigenvalue weighted by molar-refractivity contribution is 0.0952. The van der Waals surface area contributed by atoms with Gasteiger partial charge in [-0.25, -0.2) is 9.67 Å². The van der Waals surface area contributed by atoms with E-state index < -0.39 is 0 Å². The Labute approximate surface area is 176 Å². The van der Waals surface area contributed by atoms with E-state index in [-0.39, 0.29) is 5.91 Å². The van der Waals surface area contributed by atoms with Crippen molar-refractivity contribution in [2.45, 2.75) is 41.2 Å². The van der Waals surface area contributed by atoms with Gasteiger partial charge >= 0.3 is 0 Å². The molecule has 0 saturated heterocycles. The molecule has 2 aromatic heterocycles. The van der Waals surface area contributed by atoms with Crippen LogP contribution >= 0.6 is 0 Å². The molecule has 1 amide bonds. The van der Waals surface area contributed by atoms with Crippen molar-refractivity contribution in [3.05, 3.63) is 87.7 Å². The minimum atomic E-state index is -0.117. The molecule has 0 fully saturated rings. The second kappa shape index (κ2) is 7.75. The Morgan fingerprint density at radius 2 is 1.67 bits per heavy atom. The second-order valence-electron chi connectivity index (χ2n) is 7.94. The lowest BCUT2D eigenvalue weighted by Crippen LogP contribution is -2.23. The molecule has 1 N–H and O–H groups in total. The summed E-state index contributed by atoms with van der Waals surface area (Å²) >= 11 is 0.